The summed E-state index contributed by atoms with van der Waals surface area (Å²) in [4.78, 5) is 2.38. The molecule has 0 aliphatic carbocycles. The van der Waals surface area contributed by atoms with E-state index in [9.17, 15) is 5.11 Å². The molecule has 2 N–H and O–H groups in total. The van der Waals surface area contributed by atoms with Crippen LogP contribution in [-0.4, -0.2) is 96.0 Å². The summed E-state index contributed by atoms with van der Waals surface area (Å²) in [5, 5.41) is 13.4. The maximum atomic E-state index is 9.89. The molecule has 2 aliphatic rings. The zero-order valence-corrected chi connectivity index (χ0v) is 25.0. The average Bonchev–Trinajstić information content (AvgIpc) is 2.98. The lowest BCUT2D eigenvalue weighted by Gasteiger charge is -2.39. The van der Waals surface area contributed by atoms with Gasteiger partial charge in [-0.3, -0.25) is 0 Å². The van der Waals surface area contributed by atoms with E-state index in [1.807, 2.05) is 11.8 Å². The van der Waals surface area contributed by atoms with E-state index in [1.165, 1.54) is 11.1 Å². The molecule has 0 spiro atoms. The van der Waals surface area contributed by atoms with Crippen molar-refractivity contribution >= 4 is 17.4 Å². The molecule has 1 fully saturated rings. The number of fused-ring (bicyclic) bond motifs is 1. The van der Waals surface area contributed by atoms with Crippen LogP contribution in [0, 0.1) is 0 Å². The molecule has 0 saturated carbocycles. The van der Waals surface area contributed by atoms with Crippen molar-refractivity contribution in [2.45, 2.75) is 49.9 Å². The van der Waals surface area contributed by atoms with Gasteiger partial charge in [-0.15, -0.1) is 0 Å². The Balaban J connectivity index is 1.45. The fourth-order valence-electron chi connectivity index (χ4n) is 5.29. The average molecular weight is 575 g/mol. The van der Waals surface area contributed by atoms with Gasteiger partial charge in [0.25, 0.3) is 0 Å². The Kier molecular flexibility index (Phi) is 12.9. The third kappa shape index (κ3) is 9.08. The molecule has 2 aromatic carbocycles. The number of benzene rings is 2. The van der Waals surface area contributed by atoms with E-state index in [-0.39, 0.29) is 18.1 Å². The summed E-state index contributed by atoms with van der Waals surface area (Å²) in [6.07, 6.45) is 0.297. The standard InChI is InChI=1S/C31H46N2O6S/c1-23(34)20-38-29-18-32-19-30(31(29)26-8-5-24(6-9-26)22-40-16-15-36-3)39-21-25-7-10-28-27(17-25)33(12-14-37-28)11-4-13-35-2/h5-10,17,23,29-32,34H,4,11-16,18-22H2,1-3H3/t23?,29-,30+,31?/m1/s1. The Morgan fingerprint density at radius 2 is 1.77 bits per heavy atom. The first-order chi connectivity index (χ1) is 19.6. The Hall–Kier alpha value is -1.85. The van der Waals surface area contributed by atoms with Crippen molar-refractivity contribution in [3.05, 3.63) is 59.2 Å². The van der Waals surface area contributed by atoms with E-state index in [1.54, 1.807) is 21.1 Å². The quantitative estimate of drug-likeness (QED) is 0.291. The van der Waals surface area contributed by atoms with E-state index < -0.39 is 6.10 Å². The van der Waals surface area contributed by atoms with Crippen molar-refractivity contribution < 1.29 is 28.8 Å². The Bertz CT molecular complexity index is 1010. The van der Waals surface area contributed by atoms with Crippen molar-refractivity contribution in [3.63, 3.8) is 0 Å². The van der Waals surface area contributed by atoms with Crippen LogP contribution in [-0.2, 0) is 31.3 Å². The highest BCUT2D eigenvalue weighted by Crippen LogP contribution is 2.35. The Labute approximate surface area is 243 Å². The van der Waals surface area contributed by atoms with Crippen molar-refractivity contribution in [1.82, 2.24) is 5.32 Å². The number of hydrogen-bond acceptors (Lipinski definition) is 9. The van der Waals surface area contributed by atoms with Gasteiger partial charge in [0.05, 0.1) is 50.4 Å². The minimum atomic E-state index is -0.516. The number of nitrogens with one attached hydrogen (secondary N) is 1. The second-order valence-corrected chi connectivity index (χ2v) is 11.6. The molecule has 9 heteroatoms. The molecule has 0 bridgehead atoms. The van der Waals surface area contributed by atoms with E-state index in [4.69, 9.17) is 23.7 Å². The third-order valence-electron chi connectivity index (χ3n) is 7.33. The molecule has 2 unspecified atom stereocenters. The maximum absolute atomic E-state index is 9.89. The summed E-state index contributed by atoms with van der Waals surface area (Å²) in [6, 6.07) is 15.2. The predicted octanol–water partition coefficient (Wildman–Crippen LogP) is 3.84. The summed E-state index contributed by atoms with van der Waals surface area (Å²) in [6.45, 7) is 8.04. The van der Waals surface area contributed by atoms with E-state index in [0.717, 1.165) is 74.3 Å². The van der Waals surface area contributed by atoms with Crippen LogP contribution in [0.25, 0.3) is 0 Å². The molecule has 0 aromatic heterocycles. The SMILES string of the molecule is COCCCN1CCOc2ccc(CO[C@H]3CNC[C@@H](OCC(C)O)C3c3ccc(CSCCOC)cc3)cc21. The second-order valence-electron chi connectivity index (χ2n) is 10.5. The number of piperidine rings is 1. The van der Waals surface area contributed by atoms with Crippen LogP contribution in [0.4, 0.5) is 5.69 Å². The van der Waals surface area contributed by atoms with Gasteiger partial charge >= 0.3 is 0 Å². The van der Waals surface area contributed by atoms with Crippen molar-refractivity contribution in [1.29, 1.82) is 0 Å². The normalized spacial score (nSPS) is 21.6. The highest BCUT2D eigenvalue weighted by atomic mass is 32.2. The first-order valence-electron chi connectivity index (χ1n) is 14.4. The number of rotatable bonds is 16. The van der Waals surface area contributed by atoms with Crippen LogP contribution in [0.1, 0.15) is 36.0 Å². The minimum Gasteiger partial charge on any atom is -0.490 e. The highest BCUT2D eigenvalue weighted by Gasteiger charge is 2.36. The van der Waals surface area contributed by atoms with E-state index in [0.29, 0.717) is 19.8 Å². The van der Waals surface area contributed by atoms with Crippen LogP contribution in [0.2, 0.25) is 0 Å². The molecule has 222 valence electrons. The lowest BCUT2D eigenvalue weighted by atomic mass is 9.85. The van der Waals surface area contributed by atoms with Crippen molar-refractivity contribution in [2.24, 2.45) is 0 Å². The van der Waals surface area contributed by atoms with Gasteiger partial charge in [-0.1, -0.05) is 30.3 Å². The number of aliphatic hydroxyl groups excluding tert-OH is 1. The minimum absolute atomic E-state index is 0.0571. The zero-order chi connectivity index (χ0) is 28.2. The van der Waals surface area contributed by atoms with Crippen LogP contribution in [0.5, 0.6) is 5.75 Å². The molecule has 0 amide bonds. The number of hydrogen-bond donors (Lipinski definition) is 2. The Morgan fingerprint density at radius 1 is 1.02 bits per heavy atom. The Morgan fingerprint density at radius 3 is 2.52 bits per heavy atom. The van der Waals surface area contributed by atoms with Gasteiger partial charge < -0.3 is 39.0 Å². The summed E-state index contributed by atoms with van der Waals surface area (Å²) in [5.41, 5.74) is 4.74. The van der Waals surface area contributed by atoms with Gasteiger partial charge in [0.1, 0.15) is 12.4 Å². The molecule has 0 radical (unpaired) electrons. The smallest absolute Gasteiger partial charge is 0.142 e. The summed E-state index contributed by atoms with van der Waals surface area (Å²) < 4.78 is 29.2. The molecule has 2 aromatic rings. The molecule has 8 nitrogen and oxygen atoms in total. The first-order valence-corrected chi connectivity index (χ1v) is 15.5. The summed E-state index contributed by atoms with van der Waals surface area (Å²) in [5.74, 6) is 2.93. The molecule has 2 heterocycles. The number of anilines is 1. The molecule has 4 atom stereocenters. The number of methoxy groups -OCH3 is 2. The fourth-order valence-corrected chi connectivity index (χ4v) is 6.15. The van der Waals surface area contributed by atoms with Crippen LogP contribution >= 0.6 is 11.8 Å². The molecule has 2 aliphatic heterocycles. The van der Waals surface area contributed by atoms with Crippen LogP contribution in [0.15, 0.2) is 42.5 Å². The van der Waals surface area contributed by atoms with Gasteiger partial charge in [0, 0.05) is 57.9 Å². The monoisotopic (exact) mass is 574 g/mol. The predicted molar refractivity (Wildman–Crippen MR) is 161 cm³/mol. The molecule has 40 heavy (non-hydrogen) atoms. The van der Waals surface area contributed by atoms with Crippen molar-refractivity contribution in [3.8, 4) is 5.75 Å². The van der Waals surface area contributed by atoms with Crippen LogP contribution in [0.3, 0.4) is 0 Å². The molecular weight excluding hydrogens is 528 g/mol. The van der Waals surface area contributed by atoms with E-state index in [2.05, 4.69) is 52.7 Å². The first kappa shape index (κ1) is 31.1. The van der Waals surface area contributed by atoms with Gasteiger partial charge in [-0.2, -0.15) is 11.8 Å². The lowest BCUT2D eigenvalue weighted by Crippen LogP contribution is -2.51. The number of ether oxygens (including phenoxy) is 5. The van der Waals surface area contributed by atoms with Gasteiger partial charge in [0.15, 0.2) is 0 Å². The second kappa shape index (κ2) is 16.6. The van der Waals surface area contributed by atoms with Gasteiger partial charge in [-0.05, 0) is 42.2 Å². The number of nitrogens with zero attached hydrogens (tertiary/aromatic N) is 1. The highest BCUT2D eigenvalue weighted by molar-refractivity contribution is 7.98. The topological polar surface area (TPSA) is 81.7 Å². The van der Waals surface area contributed by atoms with Crippen molar-refractivity contribution in [2.75, 3.05) is 77.5 Å². The number of thioether (sulfide) groups is 1. The largest absolute Gasteiger partial charge is 0.490 e. The molecule has 1 saturated heterocycles. The molecular formula is C31H46N2O6S. The van der Waals surface area contributed by atoms with E-state index >= 15 is 0 Å². The lowest BCUT2D eigenvalue weighted by molar-refractivity contribution is -0.0752. The fraction of sp³-hybridized carbons (Fsp3) is 0.613. The molecule has 4 rings (SSSR count). The zero-order valence-electron chi connectivity index (χ0n) is 24.2. The van der Waals surface area contributed by atoms with Crippen LogP contribution < -0.4 is 15.0 Å². The summed E-state index contributed by atoms with van der Waals surface area (Å²) in [7, 11) is 3.48. The third-order valence-corrected chi connectivity index (χ3v) is 8.32. The number of aliphatic hydroxyl groups is 1. The maximum Gasteiger partial charge on any atom is 0.142 e. The van der Waals surface area contributed by atoms with Gasteiger partial charge in [0.2, 0.25) is 0 Å². The summed E-state index contributed by atoms with van der Waals surface area (Å²) >= 11 is 1.87. The van der Waals surface area contributed by atoms with Gasteiger partial charge in [-0.25, -0.2) is 0 Å².